The lowest BCUT2D eigenvalue weighted by atomic mass is 10.1. The van der Waals surface area contributed by atoms with Gasteiger partial charge < -0.3 is 16.8 Å². The van der Waals surface area contributed by atoms with Crippen LogP contribution in [-0.4, -0.2) is 21.6 Å². The Morgan fingerprint density at radius 1 is 1.24 bits per heavy atom. The Labute approximate surface area is 165 Å². The Hall–Kier alpha value is -4.19. The van der Waals surface area contributed by atoms with Crippen LogP contribution in [0.2, 0.25) is 0 Å². The maximum Gasteiger partial charge on any atom is 0.269 e. The van der Waals surface area contributed by atoms with E-state index in [0.29, 0.717) is 11.3 Å². The molecule has 0 aliphatic heterocycles. The molecule has 0 aliphatic carbocycles. The summed E-state index contributed by atoms with van der Waals surface area (Å²) in [5, 5.41) is 15.8. The molecule has 9 heteroatoms. The zero-order valence-electron chi connectivity index (χ0n) is 15.4. The summed E-state index contributed by atoms with van der Waals surface area (Å²) in [6.07, 6.45) is 0. The van der Waals surface area contributed by atoms with Crippen molar-refractivity contribution in [2.75, 3.05) is 5.73 Å². The second-order valence-electron chi connectivity index (χ2n) is 6.31. The van der Waals surface area contributed by atoms with Crippen molar-refractivity contribution in [1.29, 1.82) is 5.26 Å². The molecule has 0 aliphatic rings. The van der Waals surface area contributed by atoms with Crippen LogP contribution in [0.3, 0.4) is 0 Å². The van der Waals surface area contributed by atoms with Crippen molar-refractivity contribution in [2.24, 2.45) is 5.73 Å². The normalized spacial score (nSPS) is 10.4. The molecule has 0 radical (unpaired) electrons. The number of benzene rings is 2. The minimum absolute atomic E-state index is 0.0795. The second kappa shape index (κ2) is 7.82. The minimum atomic E-state index is -0.807. The van der Waals surface area contributed by atoms with E-state index in [1.165, 1.54) is 16.8 Å². The molecule has 0 fully saturated rings. The van der Waals surface area contributed by atoms with Crippen LogP contribution in [0.4, 0.5) is 10.1 Å². The van der Waals surface area contributed by atoms with E-state index in [-0.39, 0.29) is 35.1 Å². The fourth-order valence-corrected chi connectivity index (χ4v) is 2.81. The summed E-state index contributed by atoms with van der Waals surface area (Å²) in [6.45, 7) is 1.94. The first-order valence-corrected chi connectivity index (χ1v) is 8.54. The molecule has 0 atom stereocenters. The van der Waals surface area contributed by atoms with Crippen molar-refractivity contribution in [3.63, 3.8) is 0 Å². The summed E-state index contributed by atoms with van der Waals surface area (Å²) in [7, 11) is 0. The first-order valence-electron chi connectivity index (χ1n) is 8.54. The van der Waals surface area contributed by atoms with Gasteiger partial charge >= 0.3 is 0 Å². The minimum Gasteiger partial charge on any atom is -0.394 e. The number of amides is 2. The Balaban J connectivity index is 1.78. The first-order chi connectivity index (χ1) is 13.8. The number of nitrogens with one attached hydrogen (secondary N) is 1. The van der Waals surface area contributed by atoms with Gasteiger partial charge in [0.15, 0.2) is 11.4 Å². The van der Waals surface area contributed by atoms with E-state index in [9.17, 15) is 14.0 Å². The maximum absolute atomic E-state index is 13.4. The summed E-state index contributed by atoms with van der Waals surface area (Å²) in [6, 6.07) is 12.6. The predicted molar refractivity (Wildman–Crippen MR) is 104 cm³/mol. The van der Waals surface area contributed by atoms with E-state index in [1.807, 2.05) is 6.07 Å². The number of carbonyl (C=O) groups is 2. The molecule has 0 bridgehead atoms. The fourth-order valence-electron chi connectivity index (χ4n) is 2.81. The smallest absolute Gasteiger partial charge is 0.269 e. The van der Waals surface area contributed by atoms with Gasteiger partial charge in [-0.1, -0.05) is 18.2 Å². The Kier molecular flexibility index (Phi) is 5.27. The fraction of sp³-hybridized carbons (Fsp3) is 0.100. The van der Waals surface area contributed by atoms with Gasteiger partial charge in [0.1, 0.15) is 17.6 Å². The van der Waals surface area contributed by atoms with Crippen molar-refractivity contribution in [1.82, 2.24) is 15.1 Å². The zero-order chi connectivity index (χ0) is 21.1. The lowest BCUT2D eigenvalue weighted by Crippen LogP contribution is -2.23. The highest BCUT2D eigenvalue weighted by Crippen LogP contribution is 2.21. The number of nitrogens with zero attached hydrogens (tertiary/aromatic N) is 3. The van der Waals surface area contributed by atoms with Crippen LogP contribution in [0, 0.1) is 24.1 Å². The van der Waals surface area contributed by atoms with E-state index >= 15 is 0 Å². The molecule has 1 heterocycles. The number of hydrogen-bond donors (Lipinski definition) is 3. The molecule has 1 aromatic heterocycles. The predicted octanol–water partition coefficient (Wildman–Crippen LogP) is 1.80. The third-order valence-corrected chi connectivity index (χ3v) is 4.34. The molecule has 0 saturated heterocycles. The van der Waals surface area contributed by atoms with Gasteiger partial charge in [0, 0.05) is 12.1 Å². The molecule has 3 aromatic rings. The van der Waals surface area contributed by atoms with Crippen molar-refractivity contribution in [2.45, 2.75) is 13.5 Å². The number of primary amides is 1. The first kappa shape index (κ1) is 19.6. The van der Waals surface area contributed by atoms with Crippen molar-refractivity contribution in [3.05, 3.63) is 76.4 Å². The highest BCUT2D eigenvalue weighted by molar-refractivity contribution is 5.98. The Morgan fingerprint density at radius 3 is 2.55 bits per heavy atom. The molecular weight excluding hydrogens is 375 g/mol. The SMILES string of the molecule is Cc1ccc(F)cc1C(=O)NCc1ccc(-n2nc(C#N)c(N)c2C(N)=O)cc1. The van der Waals surface area contributed by atoms with Gasteiger partial charge in [0.25, 0.3) is 11.8 Å². The average Bonchev–Trinajstić information content (AvgIpc) is 3.05. The number of hydrogen-bond acceptors (Lipinski definition) is 5. The Morgan fingerprint density at radius 2 is 1.93 bits per heavy atom. The zero-order valence-corrected chi connectivity index (χ0v) is 15.4. The van der Waals surface area contributed by atoms with E-state index in [4.69, 9.17) is 16.7 Å². The summed E-state index contributed by atoms with van der Waals surface area (Å²) in [5.74, 6) is -1.68. The van der Waals surface area contributed by atoms with Crippen LogP contribution in [0.15, 0.2) is 42.5 Å². The number of nitriles is 1. The molecule has 3 rings (SSSR count). The topological polar surface area (TPSA) is 140 Å². The van der Waals surface area contributed by atoms with Crippen molar-refractivity contribution in [3.8, 4) is 11.8 Å². The third kappa shape index (κ3) is 3.91. The van der Waals surface area contributed by atoms with E-state index in [2.05, 4.69) is 10.4 Å². The largest absolute Gasteiger partial charge is 0.394 e. The molecular formula is C20H17FN6O2. The van der Waals surface area contributed by atoms with Gasteiger partial charge in [0.2, 0.25) is 0 Å². The van der Waals surface area contributed by atoms with Crippen molar-refractivity contribution >= 4 is 17.5 Å². The van der Waals surface area contributed by atoms with Gasteiger partial charge in [0.05, 0.1) is 5.69 Å². The number of rotatable bonds is 5. The van der Waals surface area contributed by atoms with Crippen LogP contribution >= 0.6 is 0 Å². The van der Waals surface area contributed by atoms with Crippen LogP contribution in [0.5, 0.6) is 0 Å². The molecule has 8 nitrogen and oxygen atoms in total. The molecule has 29 heavy (non-hydrogen) atoms. The molecule has 0 spiro atoms. The van der Waals surface area contributed by atoms with Crippen LogP contribution in [0.25, 0.3) is 5.69 Å². The summed E-state index contributed by atoms with van der Waals surface area (Å²) < 4.78 is 14.6. The van der Waals surface area contributed by atoms with Crippen LogP contribution in [-0.2, 0) is 6.54 Å². The summed E-state index contributed by atoms with van der Waals surface area (Å²) in [5.41, 5.74) is 13.0. The third-order valence-electron chi connectivity index (χ3n) is 4.34. The lowest BCUT2D eigenvalue weighted by Gasteiger charge is -2.09. The van der Waals surface area contributed by atoms with E-state index < -0.39 is 11.7 Å². The second-order valence-corrected chi connectivity index (χ2v) is 6.31. The number of nitrogen functional groups attached to an aromatic ring is 1. The number of nitrogens with two attached hydrogens (primary N) is 2. The van der Waals surface area contributed by atoms with Gasteiger partial charge in [-0.15, -0.1) is 0 Å². The van der Waals surface area contributed by atoms with E-state index in [0.717, 1.165) is 5.56 Å². The average molecular weight is 392 g/mol. The number of anilines is 1. The van der Waals surface area contributed by atoms with Gasteiger partial charge in [-0.2, -0.15) is 10.4 Å². The molecule has 2 amide bonds. The number of aryl methyl sites for hydroxylation is 1. The quantitative estimate of drug-likeness (QED) is 0.607. The van der Waals surface area contributed by atoms with Crippen LogP contribution in [0.1, 0.15) is 37.7 Å². The van der Waals surface area contributed by atoms with Crippen LogP contribution < -0.4 is 16.8 Å². The molecule has 2 aromatic carbocycles. The van der Waals surface area contributed by atoms with Gasteiger partial charge in [-0.25, -0.2) is 9.07 Å². The number of halogens is 1. The van der Waals surface area contributed by atoms with Gasteiger partial charge in [-0.05, 0) is 42.3 Å². The highest BCUT2D eigenvalue weighted by Gasteiger charge is 2.20. The van der Waals surface area contributed by atoms with Gasteiger partial charge in [-0.3, -0.25) is 9.59 Å². The lowest BCUT2D eigenvalue weighted by molar-refractivity contribution is 0.0948. The molecule has 5 N–H and O–H groups in total. The summed E-state index contributed by atoms with van der Waals surface area (Å²) >= 11 is 0. The summed E-state index contributed by atoms with van der Waals surface area (Å²) in [4.78, 5) is 24.0. The molecule has 0 unspecified atom stereocenters. The highest BCUT2D eigenvalue weighted by atomic mass is 19.1. The van der Waals surface area contributed by atoms with E-state index in [1.54, 1.807) is 37.3 Å². The number of aromatic nitrogens is 2. The van der Waals surface area contributed by atoms with Crippen molar-refractivity contribution < 1.29 is 14.0 Å². The standard InChI is InChI=1S/C20H17FN6O2/c1-11-2-5-13(21)8-15(11)20(29)25-10-12-3-6-14(7-4-12)27-18(19(24)28)17(23)16(9-22)26-27/h2-8H,10,23H2,1H3,(H2,24,28)(H,25,29). The number of carbonyl (C=O) groups excluding carboxylic acids is 2. The molecule has 146 valence electrons. The Bertz CT molecular complexity index is 1150. The maximum atomic E-state index is 13.4. The molecule has 0 saturated carbocycles. The monoisotopic (exact) mass is 392 g/mol.